The minimum absolute atomic E-state index is 0.00660. The van der Waals surface area contributed by atoms with Gasteiger partial charge in [0.15, 0.2) is 0 Å². The summed E-state index contributed by atoms with van der Waals surface area (Å²) in [6.07, 6.45) is 0. The van der Waals surface area contributed by atoms with Gasteiger partial charge in [-0.05, 0) is 29.8 Å². The number of carbonyl (C=O) groups excluding carboxylic acids is 1. The Morgan fingerprint density at radius 2 is 1.90 bits per heavy atom. The zero-order valence-electron chi connectivity index (χ0n) is 11.8. The van der Waals surface area contributed by atoms with Gasteiger partial charge in [-0.25, -0.2) is 0 Å². The number of amides is 1. The first-order valence-corrected chi connectivity index (χ1v) is 6.47. The molecule has 2 aromatic rings. The molecule has 0 aliphatic carbocycles. The average molecular weight is 269 g/mol. The third-order valence-corrected chi connectivity index (χ3v) is 3.05. The molecule has 4 heteroatoms. The van der Waals surface area contributed by atoms with Gasteiger partial charge < -0.3 is 16.0 Å². The smallest absolute Gasteiger partial charge is 0.253 e. The molecule has 0 atom stereocenters. The van der Waals surface area contributed by atoms with Crippen LogP contribution < -0.4 is 11.1 Å². The zero-order valence-corrected chi connectivity index (χ0v) is 11.8. The van der Waals surface area contributed by atoms with Crippen molar-refractivity contribution < 1.29 is 4.79 Å². The normalized spacial score (nSPS) is 10.1. The van der Waals surface area contributed by atoms with E-state index in [0.717, 1.165) is 16.9 Å². The van der Waals surface area contributed by atoms with E-state index in [1.165, 1.54) is 0 Å². The molecule has 0 heterocycles. The summed E-state index contributed by atoms with van der Waals surface area (Å²) < 4.78 is 0. The molecule has 0 unspecified atom stereocenters. The van der Waals surface area contributed by atoms with Gasteiger partial charge in [-0.15, -0.1) is 0 Å². The molecule has 1 amide bonds. The highest BCUT2D eigenvalue weighted by Crippen LogP contribution is 2.16. The van der Waals surface area contributed by atoms with E-state index in [4.69, 9.17) is 5.73 Å². The second kappa shape index (κ2) is 6.10. The highest BCUT2D eigenvalue weighted by molar-refractivity contribution is 5.94. The molecule has 0 aromatic heterocycles. The van der Waals surface area contributed by atoms with Crippen LogP contribution in [0.15, 0.2) is 48.5 Å². The number of nitrogens with one attached hydrogen (secondary N) is 1. The van der Waals surface area contributed by atoms with E-state index in [9.17, 15) is 4.79 Å². The molecule has 0 aliphatic rings. The molecule has 4 nitrogen and oxygen atoms in total. The van der Waals surface area contributed by atoms with E-state index < -0.39 is 0 Å². The molecule has 0 saturated carbocycles. The van der Waals surface area contributed by atoms with Crippen LogP contribution in [0.3, 0.4) is 0 Å². The van der Waals surface area contributed by atoms with E-state index in [-0.39, 0.29) is 5.91 Å². The molecule has 3 N–H and O–H groups in total. The average Bonchev–Trinajstić information content (AvgIpc) is 2.46. The highest BCUT2D eigenvalue weighted by atomic mass is 16.2. The summed E-state index contributed by atoms with van der Waals surface area (Å²) >= 11 is 0. The number of para-hydroxylation sites is 1. The summed E-state index contributed by atoms with van der Waals surface area (Å²) in [5.41, 5.74) is 9.28. The van der Waals surface area contributed by atoms with E-state index >= 15 is 0 Å². The van der Waals surface area contributed by atoms with Gasteiger partial charge in [0, 0.05) is 37.6 Å². The number of carbonyl (C=O) groups is 1. The second-order valence-corrected chi connectivity index (χ2v) is 4.83. The lowest BCUT2D eigenvalue weighted by atomic mass is 10.1. The SMILES string of the molecule is CN(C)C(=O)c1cccc(NCc2ccccc2N)c1. The van der Waals surface area contributed by atoms with Gasteiger partial charge in [-0.2, -0.15) is 0 Å². The highest BCUT2D eigenvalue weighted by Gasteiger charge is 2.08. The van der Waals surface area contributed by atoms with Gasteiger partial charge in [-0.3, -0.25) is 4.79 Å². The van der Waals surface area contributed by atoms with Crippen molar-refractivity contribution in [2.45, 2.75) is 6.54 Å². The van der Waals surface area contributed by atoms with Crippen LogP contribution in [0.4, 0.5) is 11.4 Å². The fourth-order valence-electron chi connectivity index (χ4n) is 1.91. The summed E-state index contributed by atoms with van der Waals surface area (Å²) in [5, 5.41) is 3.29. The van der Waals surface area contributed by atoms with Gasteiger partial charge in [0.25, 0.3) is 5.91 Å². The van der Waals surface area contributed by atoms with Crippen LogP contribution in [0.25, 0.3) is 0 Å². The first-order chi connectivity index (χ1) is 9.58. The van der Waals surface area contributed by atoms with Crippen molar-refractivity contribution in [3.05, 3.63) is 59.7 Å². The maximum absolute atomic E-state index is 11.9. The molecule has 20 heavy (non-hydrogen) atoms. The maximum atomic E-state index is 11.9. The monoisotopic (exact) mass is 269 g/mol. The second-order valence-electron chi connectivity index (χ2n) is 4.83. The molecule has 2 aromatic carbocycles. The fraction of sp³-hybridized carbons (Fsp3) is 0.188. The van der Waals surface area contributed by atoms with Crippen LogP contribution in [-0.4, -0.2) is 24.9 Å². The van der Waals surface area contributed by atoms with Crippen molar-refractivity contribution in [3.63, 3.8) is 0 Å². The molecule has 0 saturated heterocycles. The summed E-state index contributed by atoms with van der Waals surface area (Å²) in [4.78, 5) is 13.5. The Hall–Kier alpha value is -2.49. The minimum Gasteiger partial charge on any atom is -0.398 e. The van der Waals surface area contributed by atoms with Crippen molar-refractivity contribution in [3.8, 4) is 0 Å². The molecule has 0 fully saturated rings. The summed E-state index contributed by atoms with van der Waals surface area (Å²) in [5.74, 6) is -0.00660. The topological polar surface area (TPSA) is 58.4 Å². The quantitative estimate of drug-likeness (QED) is 0.839. The predicted octanol–water partition coefficient (Wildman–Crippen LogP) is 2.58. The van der Waals surface area contributed by atoms with E-state index in [0.29, 0.717) is 12.1 Å². The molecule has 0 aliphatic heterocycles. The number of nitrogens with zero attached hydrogens (tertiary/aromatic N) is 1. The maximum Gasteiger partial charge on any atom is 0.253 e. The third-order valence-electron chi connectivity index (χ3n) is 3.05. The molecule has 0 bridgehead atoms. The number of hydrogen-bond donors (Lipinski definition) is 2. The lowest BCUT2D eigenvalue weighted by molar-refractivity contribution is 0.0827. The summed E-state index contributed by atoms with van der Waals surface area (Å²) in [6.45, 7) is 0.631. The van der Waals surface area contributed by atoms with E-state index in [2.05, 4.69) is 5.32 Å². The number of rotatable bonds is 4. The number of anilines is 2. The summed E-state index contributed by atoms with van der Waals surface area (Å²) in [6, 6.07) is 15.2. The first kappa shape index (κ1) is 13.9. The fourth-order valence-corrected chi connectivity index (χ4v) is 1.91. The Morgan fingerprint density at radius 3 is 2.60 bits per heavy atom. The van der Waals surface area contributed by atoms with Crippen LogP contribution in [0.5, 0.6) is 0 Å². The Morgan fingerprint density at radius 1 is 1.15 bits per heavy atom. The lowest BCUT2D eigenvalue weighted by Gasteiger charge is -2.12. The van der Waals surface area contributed by atoms with Crippen LogP contribution in [0.2, 0.25) is 0 Å². The van der Waals surface area contributed by atoms with Crippen LogP contribution in [0.1, 0.15) is 15.9 Å². The van der Waals surface area contributed by atoms with Gasteiger partial charge >= 0.3 is 0 Å². The van der Waals surface area contributed by atoms with E-state index in [1.54, 1.807) is 19.0 Å². The molecule has 0 spiro atoms. The molecular formula is C16H19N3O. The predicted molar refractivity (Wildman–Crippen MR) is 82.6 cm³/mol. The Kier molecular flexibility index (Phi) is 4.25. The molecule has 2 rings (SSSR count). The van der Waals surface area contributed by atoms with Gasteiger partial charge in [0.05, 0.1) is 0 Å². The first-order valence-electron chi connectivity index (χ1n) is 6.47. The van der Waals surface area contributed by atoms with Gasteiger partial charge in [-0.1, -0.05) is 24.3 Å². The zero-order chi connectivity index (χ0) is 14.5. The van der Waals surface area contributed by atoms with Crippen molar-refractivity contribution in [1.29, 1.82) is 0 Å². The van der Waals surface area contributed by atoms with Crippen LogP contribution in [0, 0.1) is 0 Å². The van der Waals surface area contributed by atoms with Crippen LogP contribution in [-0.2, 0) is 6.54 Å². The van der Waals surface area contributed by atoms with Crippen molar-refractivity contribution in [1.82, 2.24) is 4.90 Å². The molecule has 104 valence electrons. The Balaban J connectivity index is 2.09. The minimum atomic E-state index is -0.00660. The standard InChI is InChI=1S/C16H19N3O/c1-19(2)16(20)12-7-5-8-14(10-12)18-11-13-6-3-4-9-15(13)17/h3-10,18H,11,17H2,1-2H3. The number of hydrogen-bond acceptors (Lipinski definition) is 3. The number of benzene rings is 2. The largest absolute Gasteiger partial charge is 0.398 e. The Labute approximate surface area is 119 Å². The van der Waals surface area contributed by atoms with Crippen molar-refractivity contribution in [2.75, 3.05) is 25.1 Å². The van der Waals surface area contributed by atoms with Gasteiger partial charge in [0.2, 0.25) is 0 Å². The van der Waals surface area contributed by atoms with Crippen molar-refractivity contribution in [2.24, 2.45) is 0 Å². The molecule has 0 radical (unpaired) electrons. The third kappa shape index (κ3) is 3.29. The van der Waals surface area contributed by atoms with Crippen molar-refractivity contribution >= 4 is 17.3 Å². The van der Waals surface area contributed by atoms with Gasteiger partial charge in [0.1, 0.15) is 0 Å². The number of nitrogens with two attached hydrogens (primary N) is 1. The Bertz CT molecular complexity index is 608. The molecular weight excluding hydrogens is 250 g/mol. The number of nitrogen functional groups attached to an aromatic ring is 1. The van der Waals surface area contributed by atoms with Crippen LogP contribution >= 0.6 is 0 Å². The van der Waals surface area contributed by atoms with E-state index in [1.807, 2.05) is 48.5 Å². The lowest BCUT2D eigenvalue weighted by Crippen LogP contribution is -2.21. The summed E-state index contributed by atoms with van der Waals surface area (Å²) in [7, 11) is 3.49.